The Labute approximate surface area is 192 Å². The van der Waals surface area contributed by atoms with Crippen LogP contribution in [-0.2, 0) is 9.53 Å². The van der Waals surface area contributed by atoms with Gasteiger partial charge in [-0.2, -0.15) is 0 Å². The monoisotopic (exact) mass is 454 g/mol. The Hall–Kier alpha value is -1.32. The van der Waals surface area contributed by atoms with Crippen LogP contribution in [0.2, 0.25) is 10.0 Å². The summed E-state index contributed by atoms with van der Waals surface area (Å²) in [5.41, 5.74) is 0.152. The molecule has 0 aromatic heterocycles. The van der Waals surface area contributed by atoms with E-state index in [1.165, 1.54) is 63.5 Å². The standard InChI is InChI=1S/C25H36Cl2O3/c1-2-3-4-5-6-7-8-9-10-11-12-13-14-15-16-17-24(28)30-25(29)22-19-18-21(26)20-23(22)27/h9-10,18-20H,2-8,11-17H2,1H3. The Balaban J connectivity index is 1.98. The number of carbonyl (C=O) groups is 2. The number of allylic oxidation sites excluding steroid dienone is 2. The third kappa shape index (κ3) is 13.1. The molecule has 3 nitrogen and oxygen atoms in total. The maximum atomic E-state index is 12.0. The molecule has 0 amide bonds. The first-order valence-electron chi connectivity index (χ1n) is 11.4. The summed E-state index contributed by atoms with van der Waals surface area (Å²) < 4.78 is 4.86. The highest BCUT2D eigenvalue weighted by atomic mass is 35.5. The lowest BCUT2D eigenvalue weighted by Crippen LogP contribution is -2.12. The van der Waals surface area contributed by atoms with Crippen LogP contribution in [0.1, 0.15) is 107 Å². The fraction of sp³-hybridized carbons (Fsp3) is 0.600. The molecule has 1 aromatic carbocycles. The second-order valence-electron chi connectivity index (χ2n) is 7.72. The first-order valence-corrected chi connectivity index (χ1v) is 12.1. The minimum absolute atomic E-state index is 0.152. The van der Waals surface area contributed by atoms with Gasteiger partial charge in [0.2, 0.25) is 0 Å². The van der Waals surface area contributed by atoms with Crippen LogP contribution in [0.25, 0.3) is 0 Å². The summed E-state index contributed by atoms with van der Waals surface area (Å²) in [6, 6.07) is 4.45. The van der Waals surface area contributed by atoms with E-state index in [0.29, 0.717) is 5.02 Å². The normalized spacial score (nSPS) is 11.2. The van der Waals surface area contributed by atoms with E-state index < -0.39 is 11.9 Å². The van der Waals surface area contributed by atoms with Crippen molar-refractivity contribution in [1.29, 1.82) is 0 Å². The van der Waals surface area contributed by atoms with Crippen molar-refractivity contribution in [1.82, 2.24) is 0 Å². The lowest BCUT2D eigenvalue weighted by atomic mass is 10.1. The van der Waals surface area contributed by atoms with Crippen LogP contribution in [-0.4, -0.2) is 11.9 Å². The Bertz CT molecular complexity index is 656. The molecule has 168 valence electrons. The number of hydrogen-bond acceptors (Lipinski definition) is 3. The predicted octanol–water partition coefficient (Wildman–Crippen LogP) is 8.71. The fourth-order valence-corrected chi connectivity index (χ4v) is 3.69. The molecule has 0 N–H and O–H groups in total. The number of rotatable bonds is 16. The van der Waals surface area contributed by atoms with Gasteiger partial charge in [0.1, 0.15) is 0 Å². The molecule has 5 heteroatoms. The van der Waals surface area contributed by atoms with E-state index in [1.54, 1.807) is 6.07 Å². The lowest BCUT2D eigenvalue weighted by Gasteiger charge is -2.05. The third-order valence-electron chi connectivity index (χ3n) is 5.00. The number of unbranched alkanes of at least 4 members (excludes halogenated alkanes) is 11. The van der Waals surface area contributed by atoms with Gasteiger partial charge in [0, 0.05) is 11.4 Å². The van der Waals surface area contributed by atoms with Crippen LogP contribution in [0.5, 0.6) is 0 Å². The van der Waals surface area contributed by atoms with Gasteiger partial charge in [0.15, 0.2) is 0 Å². The quantitative estimate of drug-likeness (QED) is 0.108. The minimum Gasteiger partial charge on any atom is -0.389 e. The number of carbonyl (C=O) groups excluding carboxylic acids is 2. The molecule has 0 saturated carbocycles. The maximum absolute atomic E-state index is 12.0. The van der Waals surface area contributed by atoms with Crippen LogP contribution in [0.4, 0.5) is 0 Å². The predicted molar refractivity (Wildman–Crippen MR) is 126 cm³/mol. The van der Waals surface area contributed by atoms with E-state index >= 15 is 0 Å². The average molecular weight is 455 g/mol. The molecule has 0 spiro atoms. The minimum atomic E-state index is -0.727. The summed E-state index contributed by atoms with van der Waals surface area (Å²) in [4.78, 5) is 23.8. The van der Waals surface area contributed by atoms with Crippen molar-refractivity contribution in [2.45, 2.75) is 96.8 Å². The summed E-state index contributed by atoms with van der Waals surface area (Å²) in [6.45, 7) is 2.25. The molecule has 0 aliphatic carbocycles. The number of esters is 2. The maximum Gasteiger partial charge on any atom is 0.347 e. The largest absolute Gasteiger partial charge is 0.389 e. The Kier molecular flexibility index (Phi) is 15.5. The first kappa shape index (κ1) is 26.7. The summed E-state index contributed by atoms with van der Waals surface area (Å²) >= 11 is 11.8. The number of ether oxygens (including phenoxy) is 1. The van der Waals surface area contributed by atoms with Crippen molar-refractivity contribution < 1.29 is 14.3 Å². The summed E-state index contributed by atoms with van der Waals surface area (Å²) in [5.74, 6) is -1.24. The zero-order chi connectivity index (χ0) is 22.0. The fourth-order valence-electron chi connectivity index (χ4n) is 3.20. The Morgan fingerprint density at radius 2 is 1.40 bits per heavy atom. The van der Waals surface area contributed by atoms with Crippen LogP contribution in [0.3, 0.4) is 0 Å². The van der Waals surface area contributed by atoms with Crippen LogP contribution in [0.15, 0.2) is 30.4 Å². The van der Waals surface area contributed by atoms with Gasteiger partial charge in [-0.3, -0.25) is 4.79 Å². The molecule has 0 aliphatic rings. The molecule has 1 aromatic rings. The zero-order valence-corrected chi connectivity index (χ0v) is 19.8. The highest BCUT2D eigenvalue weighted by Gasteiger charge is 2.16. The van der Waals surface area contributed by atoms with Gasteiger partial charge >= 0.3 is 11.9 Å². The summed E-state index contributed by atoms with van der Waals surface area (Å²) in [6.07, 6.45) is 20.4. The molecule has 0 bridgehead atoms. The first-order chi connectivity index (χ1) is 14.5. The molecule has 0 heterocycles. The molecular weight excluding hydrogens is 419 g/mol. The molecule has 0 unspecified atom stereocenters. The van der Waals surface area contributed by atoms with Crippen molar-refractivity contribution in [3.05, 3.63) is 46.0 Å². The van der Waals surface area contributed by atoms with Crippen molar-refractivity contribution in [2.75, 3.05) is 0 Å². The van der Waals surface area contributed by atoms with Crippen LogP contribution < -0.4 is 0 Å². The van der Waals surface area contributed by atoms with Crippen molar-refractivity contribution in [2.24, 2.45) is 0 Å². The SMILES string of the molecule is CCCCCCCCC=CCCCCCCCC(=O)OC(=O)c1ccc(Cl)cc1Cl. The lowest BCUT2D eigenvalue weighted by molar-refractivity contribution is -0.138. The average Bonchev–Trinajstić information content (AvgIpc) is 2.70. The van der Waals surface area contributed by atoms with E-state index in [1.807, 2.05) is 0 Å². The molecule has 0 radical (unpaired) electrons. The van der Waals surface area contributed by atoms with Crippen molar-refractivity contribution >= 4 is 35.1 Å². The topological polar surface area (TPSA) is 43.4 Å². The van der Waals surface area contributed by atoms with Crippen LogP contribution in [0, 0.1) is 0 Å². The zero-order valence-electron chi connectivity index (χ0n) is 18.3. The third-order valence-corrected chi connectivity index (χ3v) is 5.55. The molecule has 0 saturated heterocycles. The van der Waals surface area contributed by atoms with Crippen molar-refractivity contribution in [3.63, 3.8) is 0 Å². The van der Waals surface area contributed by atoms with Crippen LogP contribution >= 0.6 is 23.2 Å². The van der Waals surface area contributed by atoms with Gasteiger partial charge in [-0.1, -0.05) is 93.6 Å². The Morgan fingerprint density at radius 1 is 0.833 bits per heavy atom. The van der Waals surface area contributed by atoms with Gasteiger partial charge in [0.25, 0.3) is 0 Å². The van der Waals surface area contributed by atoms with E-state index in [9.17, 15) is 9.59 Å². The number of hydrogen-bond donors (Lipinski definition) is 0. The van der Waals surface area contributed by atoms with E-state index in [4.69, 9.17) is 27.9 Å². The molecule has 30 heavy (non-hydrogen) atoms. The smallest absolute Gasteiger partial charge is 0.347 e. The molecule has 0 aliphatic heterocycles. The van der Waals surface area contributed by atoms with Gasteiger partial charge in [-0.05, 0) is 50.3 Å². The molecular formula is C25H36Cl2O3. The van der Waals surface area contributed by atoms with E-state index in [2.05, 4.69) is 19.1 Å². The van der Waals surface area contributed by atoms with Gasteiger partial charge in [-0.15, -0.1) is 0 Å². The molecule has 0 atom stereocenters. The van der Waals surface area contributed by atoms with Gasteiger partial charge in [0.05, 0.1) is 10.6 Å². The Morgan fingerprint density at radius 3 is 2.00 bits per heavy atom. The summed E-state index contributed by atoms with van der Waals surface area (Å²) in [7, 11) is 0. The molecule has 0 fully saturated rings. The van der Waals surface area contributed by atoms with E-state index in [-0.39, 0.29) is 17.0 Å². The van der Waals surface area contributed by atoms with Crippen molar-refractivity contribution in [3.8, 4) is 0 Å². The second-order valence-corrected chi connectivity index (χ2v) is 8.56. The second kappa shape index (κ2) is 17.4. The summed E-state index contributed by atoms with van der Waals surface area (Å²) in [5, 5.41) is 0.609. The highest BCUT2D eigenvalue weighted by molar-refractivity contribution is 6.36. The van der Waals surface area contributed by atoms with Gasteiger partial charge in [-0.25, -0.2) is 4.79 Å². The van der Waals surface area contributed by atoms with E-state index in [0.717, 1.165) is 32.1 Å². The number of halogens is 2. The molecule has 1 rings (SSSR count). The van der Waals surface area contributed by atoms with Gasteiger partial charge < -0.3 is 4.74 Å². The highest BCUT2D eigenvalue weighted by Crippen LogP contribution is 2.22. The number of benzene rings is 1.